The lowest BCUT2D eigenvalue weighted by molar-refractivity contribution is 0.457. The molecule has 1 aliphatic carbocycles. The maximum atomic E-state index is 12.4. The van der Waals surface area contributed by atoms with Crippen LogP contribution in [0.25, 0.3) is 0 Å². The number of pyridine rings is 1. The lowest BCUT2D eigenvalue weighted by Crippen LogP contribution is -2.31. The van der Waals surface area contributed by atoms with Crippen molar-refractivity contribution in [1.29, 1.82) is 0 Å². The highest BCUT2D eigenvalue weighted by atomic mass is 32.2. The van der Waals surface area contributed by atoms with Crippen molar-refractivity contribution in [2.75, 3.05) is 5.43 Å². The number of sulfonamides is 1. The molecule has 0 aromatic carbocycles. The minimum atomic E-state index is -3.69. The summed E-state index contributed by atoms with van der Waals surface area (Å²) in [5.41, 5.74) is 2.48. The van der Waals surface area contributed by atoms with E-state index >= 15 is 0 Å². The van der Waals surface area contributed by atoms with Crippen LogP contribution >= 0.6 is 0 Å². The summed E-state index contributed by atoms with van der Waals surface area (Å²) in [4.78, 5) is 3.90. The van der Waals surface area contributed by atoms with Crippen LogP contribution in [0.15, 0.2) is 23.4 Å². The Morgan fingerprint density at radius 3 is 2.32 bits per heavy atom. The standard InChI is InChI=1S/C12H20N4O2S/c1-11(2)10(12(11,3)4)16-19(17,18)9-8(15-13)6-5-7-14-9/h5-7,10,15-16H,13H2,1-4H3. The average Bonchev–Trinajstić information content (AvgIpc) is 2.71. The van der Waals surface area contributed by atoms with E-state index in [1.807, 2.05) is 27.7 Å². The molecule has 0 radical (unpaired) electrons. The van der Waals surface area contributed by atoms with Gasteiger partial charge in [0.1, 0.15) is 0 Å². The molecule has 106 valence electrons. The number of aromatic nitrogens is 1. The monoisotopic (exact) mass is 284 g/mol. The minimum Gasteiger partial charge on any atom is -0.321 e. The predicted octanol–water partition coefficient (Wildman–Crippen LogP) is 1.08. The highest BCUT2D eigenvalue weighted by molar-refractivity contribution is 7.89. The Hall–Kier alpha value is -1.18. The van der Waals surface area contributed by atoms with Crippen LogP contribution in [0.1, 0.15) is 27.7 Å². The van der Waals surface area contributed by atoms with Gasteiger partial charge in [-0.15, -0.1) is 0 Å². The van der Waals surface area contributed by atoms with Crippen LogP contribution < -0.4 is 16.0 Å². The summed E-state index contributed by atoms with van der Waals surface area (Å²) in [6.45, 7) is 8.17. The number of nitrogens with two attached hydrogens (primary N) is 1. The fourth-order valence-corrected chi connectivity index (χ4v) is 4.04. The van der Waals surface area contributed by atoms with Gasteiger partial charge in [-0.25, -0.2) is 18.1 Å². The van der Waals surface area contributed by atoms with Gasteiger partial charge in [0.25, 0.3) is 10.0 Å². The molecular formula is C12H20N4O2S. The summed E-state index contributed by atoms with van der Waals surface area (Å²) in [5, 5.41) is -0.0731. The van der Waals surface area contributed by atoms with Gasteiger partial charge in [0.05, 0.1) is 5.69 Å². The molecule has 1 saturated carbocycles. The van der Waals surface area contributed by atoms with Gasteiger partial charge in [-0.2, -0.15) is 0 Å². The topological polar surface area (TPSA) is 97.1 Å². The fraction of sp³-hybridized carbons (Fsp3) is 0.583. The smallest absolute Gasteiger partial charge is 0.260 e. The van der Waals surface area contributed by atoms with Crippen LogP contribution in [0.4, 0.5) is 5.69 Å². The third-order valence-electron chi connectivity index (χ3n) is 4.47. The van der Waals surface area contributed by atoms with Gasteiger partial charge in [0, 0.05) is 12.2 Å². The number of nitrogen functional groups attached to an aromatic ring is 1. The Morgan fingerprint density at radius 2 is 1.84 bits per heavy atom. The highest BCUT2D eigenvalue weighted by Crippen LogP contribution is 2.62. The molecule has 1 aliphatic rings. The Bertz CT molecular complexity index is 582. The first-order chi connectivity index (χ1) is 8.64. The number of rotatable bonds is 4. The van der Waals surface area contributed by atoms with E-state index in [1.54, 1.807) is 12.1 Å². The summed E-state index contributed by atoms with van der Waals surface area (Å²) in [7, 11) is -3.69. The number of hydrazine groups is 1. The molecule has 1 aromatic rings. The van der Waals surface area contributed by atoms with E-state index in [1.165, 1.54) is 6.20 Å². The highest BCUT2D eigenvalue weighted by Gasteiger charge is 2.66. The molecule has 0 spiro atoms. The molecule has 1 fully saturated rings. The van der Waals surface area contributed by atoms with Crippen molar-refractivity contribution in [2.24, 2.45) is 16.7 Å². The van der Waals surface area contributed by atoms with E-state index < -0.39 is 10.0 Å². The van der Waals surface area contributed by atoms with E-state index in [4.69, 9.17) is 5.84 Å². The predicted molar refractivity (Wildman–Crippen MR) is 73.7 cm³/mol. The van der Waals surface area contributed by atoms with E-state index in [9.17, 15) is 8.42 Å². The van der Waals surface area contributed by atoms with Crippen molar-refractivity contribution in [1.82, 2.24) is 9.71 Å². The van der Waals surface area contributed by atoms with Crippen molar-refractivity contribution in [3.05, 3.63) is 18.3 Å². The lowest BCUT2D eigenvalue weighted by atomic mass is 10.0. The second kappa shape index (κ2) is 4.16. The molecule has 4 N–H and O–H groups in total. The molecular weight excluding hydrogens is 264 g/mol. The molecule has 0 saturated heterocycles. The van der Waals surface area contributed by atoms with Crippen LogP contribution in [0.3, 0.4) is 0 Å². The maximum Gasteiger partial charge on any atom is 0.260 e. The van der Waals surface area contributed by atoms with Crippen LogP contribution in [-0.2, 0) is 10.0 Å². The van der Waals surface area contributed by atoms with Crippen LogP contribution in [0.5, 0.6) is 0 Å². The summed E-state index contributed by atoms with van der Waals surface area (Å²) in [6.07, 6.45) is 1.43. The zero-order chi connectivity index (χ0) is 14.5. The van der Waals surface area contributed by atoms with Gasteiger partial charge >= 0.3 is 0 Å². The fourth-order valence-electron chi connectivity index (χ4n) is 2.42. The molecule has 0 atom stereocenters. The number of nitrogens with one attached hydrogen (secondary N) is 2. The quantitative estimate of drug-likeness (QED) is 0.568. The molecule has 7 heteroatoms. The van der Waals surface area contributed by atoms with E-state index in [0.29, 0.717) is 0 Å². The second-order valence-electron chi connectivity index (χ2n) is 6.00. The van der Waals surface area contributed by atoms with Gasteiger partial charge in [-0.1, -0.05) is 27.7 Å². The molecule has 0 unspecified atom stereocenters. The zero-order valence-electron chi connectivity index (χ0n) is 11.6. The van der Waals surface area contributed by atoms with Crippen LogP contribution in [0, 0.1) is 10.8 Å². The Morgan fingerprint density at radius 1 is 1.26 bits per heavy atom. The van der Waals surface area contributed by atoms with E-state index in [-0.39, 0.29) is 27.6 Å². The Labute approximate surface area is 113 Å². The van der Waals surface area contributed by atoms with Crippen molar-refractivity contribution in [3.63, 3.8) is 0 Å². The summed E-state index contributed by atoms with van der Waals surface area (Å²) in [5.74, 6) is 5.32. The van der Waals surface area contributed by atoms with Crippen molar-refractivity contribution in [2.45, 2.75) is 38.8 Å². The first kappa shape index (κ1) is 14.2. The van der Waals surface area contributed by atoms with E-state index in [2.05, 4.69) is 15.1 Å². The first-order valence-electron chi connectivity index (χ1n) is 6.08. The van der Waals surface area contributed by atoms with Crippen molar-refractivity contribution >= 4 is 15.7 Å². The van der Waals surface area contributed by atoms with Crippen molar-refractivity contribution in [3.8, 4) is 0 Å². The molecule has 6 nitrogen and oxygen atoms in total. The SMILES string of the molecule is CC1(C)C(NS(=O)(=O)c2ncccc2NN)C1(C)C. The summed E-state index contributed by atoms with van der Waals surface area (Å²) < 4.78 is 27.5. The largest absolute Gasteiger partial charge is 0.321 e. The summed E-state index contributed by atoms with van der Waals surface area (Å²) >= 11 is 0. The third kappa shape index (κ3) is 2.11. The normalized spacial score (nSPS) is 21.1. The maximum absolute atomic E-state index is 12.4. The van der Waals surface area contributed by atoms with Crippen LogP contribution in [-0.4, -0.2) is 19.4 Å². The van der Waals surface area contributed by atoms with Gasteiger partial charge in [-0.3, -0.25) is 5.84 Å². The van der Waals surface area contributed by atoms with Gasteiger partial charge in [-0.05, 0) is 23.0 Å². The second-order valence-corrected chi connectivity index (χ2v) is 7.63. The van der Waals surface area contributed by atoms with Crippen molar-refractivity contribution < 1.29 is 8.42 Å². The zero-order valence-corrected chi connectivity index (χ0v) is 12.4. The third-order valence-corrected chi connectivity index (χ3v) is 5.86. The Kier molecular flexibility index (Phi) is 3.11. The molecule has 2 rings (SSSR count). The number of nitrogens with zero attached hydrogens (tertiary/aromatic N) is 1. The molecule has 0 aliphatic heterocycles. The van der Waals surface area contributed by atoms with Gasteiger partial charge in [0.2, 0.25) is 0 Å². The molecule has 19 heavy (non-hydrogen) atoms. The van der Waals surface area contributed by atoms with Gasteiger partial charge < -0.3 is 5.43 Å². The minimum absolute atomic E-state index is 0.0731. The number of hydrogen-bond acceptors (Lipinski definition) is 5. The van der Waals surface area contributed by atoms with Gasteiger partial charge in [0.15, 0.2) is 5.03 Å². The Balaban J connectivity index is 2.31. The summed E-state index contributed by atoms with van der Waals surface area (Å²) in [6, 6.07) is 3.09. The number of anilines is 1. The van der Waals surface area contributed by atoms with E-state index in [0.717, 1.165) is 0 Å². The molecule has 0 bridgehead atoms. The number of hydrogen-bond donors (Lipinski definition) is 3. The molecule has 1 aromatic heterocycles. The lowest BCUT2D eigenvalue weighted by Gasteiger charge is -2.10. The molecule has 1 heterocycles. The molecule has 0 amide bonds. The first-order valence-corrected chi connectivity index (χ1v) is 7.57. The van der Waals surface area contributed by atoms with Crippen LogP contribution in [0.2, 0.25) is 0 Å². The average molecular weight is 284 g/mol.